The third-order valence-electron chi connectivity index (χ3n) is 3.39. The van der Waals surface area contributed by atoms with Gasteiger partial charge < -0.3 is 9.72 Å². The minimum atomic E-state index is -0.315. The highest BCUT2D eigenvalue weighted by atomic mass is 16.5. The van der Waals surface area contributed by atoms with Gasteiger partial charge in [0.2, 0.25) is 0 Å². The number of hydrogen-bond donors (Lipinski definition) is 1. The number of aromatic amines is 1. The van der Waals surface area contributed by atoms with Crippen molar-refractivity contribution in [2.45, 2.75) is 20.8 Å². The molecule has 0 unspecified atom stereocenters. The lowest BCUT2D eigenvalue weighted by atomic mass is 10.0. The smallest absolute Gasteiger partial charge is 0.308 e. The third-order valence-corrected chi connectivity index (χ3v) is 3.39. The van der Waals surface area contributed by atoms with Crippen molar-refractivity contribution in [1.29, 1.82) is 0 Å². The fourth-order valence-electron chi connectivity index (χ4n) is 2.59. The number of aryl methyl sites for hydroxylation is 2. The van der Waals surface area contributed by atoms with Crippen LogP contribution in [0.25, 0.3) is 22.4 Å². The molecule has 1 N–H and O–H groups in total. The molecule has 106 valence electrons. The summed E-state index contributed by atoms with van der Waals surface area (Å²) in [6.45, 7) is 5.38. The van der Waals surface area contributed by atoms with Crippen molar-refractivity contribution in [3.05, 3.63) is 47.5 Å². The number of esters is 1. The van der Waals surface area contributed by atoms with E-state index in [-0.39, 0.29) is 5.97 Å². The van der Waals surface area contributed by atoms with Crippen LogP contribution in [0, 0.1) is 13.8 Å². The van der Waals surface area contributed by atoms with Gasteiger partial charge in [0.15, 0.2) is 0 Å². The molecule has 0 spiro atoms. The van der Waals surface area contributed by atoms with Gasteiger partial charge in [0.25, 0.3) is 0 Å². The minimum absolute atomic E-state index is 0.315. The molecule has 4 heteroatoms. The highest BCUT2D eigenvalue weighted by molar-refractivity contribution is 5.81. The van der Waals surface area contributed by atoms with E-state index in [0.29, 0.717) is 5.75 Å². The van der Waals surface area contributed by atoms with E-state index < -0.39 is 0 Å². The standard InChI is InChI=1S/C17H16N2O2/c1-10-8-13(21-12(3)20)9-11(2)16(10)17-18-14-6-4-5-7-15(14)19-17/h4-9H,1-3H3,(H,18,19). The second kappa shape index (κ2) is 5.05. The first-order chi connectivity index (χ1) is 10.0. The lowest BCUT2D eigenvalue weighted by Gasteiger charge is -2.10. The lowest BCUT2D eigenvalue weighted by molar-refractivity contribution is -0.131. The number of carbonyl (C=O) groups is 1. The Balaban J connectivity index is 2.11. The van der Waals surface area contributed by atoms with Crippen molar-refractivity contribution in [2.75, 3.05) is 0 Å². The maximum atomic E-state index is 11.1. The summed E-state index contributed by atoms with van der Waals surface area (Å²) >= 11 is 0. The molecule has 2 aromatic carbocycles. The monoisotopic (exact) mass is 280 g/mol. The van der Waals surface area contributed by atoms with Crippen LogP contribution < -0.4 is 4.74 Å². The summed E-state index contributed by atoms with van der Waals surface area (Å²) in [5.74, 6) is 1.09. The van der Waals surface area contributed by atoms with Crippen LogP contribution in [0.2, 0.25) is 0 Å². The highest BCUT2D eigenvalue weighted by Crippen LogP contribution is 2.30. The van der Waals surface area contributed by atoms with Gasteiger partial charge in [-0.3, -0.25) is 4.79 Å². The average Bonchev–Trinajstić information content (AvgIpc) is 2.80. The molecule has 4 nitrogen and oxygen atoms in total. The number of hydrogen-bond acceptors (Lipinski definition) is 3. The quantitative estimate of drug-likeness (QED) is 0.574. The number of carbonyl (C=O) groups excluding carboxylic acids is 1. The number of fused-ring (bicyclic) bond motifs is 1. The molecule has 0 aliphatic heterocycles. The van der Waals surface area contributed by atoms with E-state index in [1.54, 1.807) is 0 Å². The minimum Gasteiger partial charge on any atom is -0.427 e. The average molecular weight is 280 g/mol. The molecule has 3 aromatic rings. The molecule has 0 aliphatic carbocycles. The van der Waals surface area contributed by atoms with Crippen LogP contribution >= 0.6 is 0 Å². The van der Waals surface area contributed by atoms with Gasteiger partial charge >= 0.3 is 5.97 Å². The number of H-pyrrole nitrogens is 1. The normalized spacial score (nSPS) is 10.8. The molecule has 0 radical (unpaired) electrons. The fraction of sp³-hybridized carbons (Fsp3) is 0.176. The molecular formula is C17H16N2O2. The molecule has 0 atom stereocenters. The first-order valence-electron chi connectivity index (χ1n) is 6.79. The van der Waals surface area contributed by atoms with Gasteiger partial charge in [-0.2, -0.15) is 0 Å². The van der Waals surface area contributed by atoms with E-state index in [1.165, 1.54) is 6.92 Å². The largest absolute Gasteiger partial charge is 0.427 e. The maximum Gasteiger partial charge on any atom is 0.308 e. The van der Waals surface area contributed by atoms with Crippen molar-refractivity contribution < 1.29 is 9.53 Å². The van der Waals surface area contributed by atoms with Crippen LogP contribution in [0.1, 0.15) is 18.1 Å². The van der Waals surface area contributed by atoms with Crippen molar-refractivity contribution in [2.24, 2.45) is 0 Å². The first-order valence-corrected chi connectivity index (χ1v) is 6.79. The van der Waals surface area contributed by atoms with Crippen LogP contribution in [-0.2, 0) is 4.79 Å². The molecular weight excluding hydrogens is 264 g/mol. The van der Waals surface area contributed by atoms with E-state index in [1.807, 2.05) is 50.2 Å². The number of rotatable bonds is 2. The van der Waals surface area contributed by atoms with Gasteiger partial charge in [0.1, 0.15) is 11.6 Å². The number of imidazole rings is 1. The zero-order chi connectivity index (χ0) is 15.0. The van der Waals surface area contributed by atoms with E-state index in [9.17, 15) is 4.79 Å². The molecule has 0 fully saturated rings. The first kappa shape index (κ1) is 13.4. The summed E-state index contributed by atoms with van der Waals surface area (Å²) in [4.78, 5) is 19.0. The molecule has 0 saturated carbocycles. The van der Waals surface area contributed by atoms with Crippen molar-refractivity contribution in [3.8, 4) is 17.1 Å². The van der Waals surface area contributed by atoms with Gasteiger partial charge in [0.05, 0.1) is 11.0 Å². The number of nitrogens with zero attached hydrogens (tertiary/aromatic N) is 1. The summed E-state index contributed by atoms with van der Waals surface area (Å²) in [6, 6.07) is 11.6. The van der Waals surface area contributed by atoms with Crippen molar-refractivity contribution in [1.82, 2.24) is 9.97 Å². The summed E-state index contributed by atoms with van der Waals surface area (Å²) in [6.07, 6.45) is 0. The number of para-hydroxylation sites is 2. The Morgan fingerprint density at radius 2 is 1.81 bits per heavy atom. The van der Waals surface area contributed by atoms with Crippen LogP contribution in [0.15, 0.2) is 36.4 Å². The van der Waals surface area contributed by atoms with Gasteiger partial charge in [-0.25, -0.2) is 4.98 Å². The molecule has 0 saturated heterocycles. The Kier molecular flexibility index (Phi) is 3.22. The summed E-state index contributed by atoms with van der Waals surface area (Å²) in [7, 11) is 0. The van der Waals surface area contributed by atoms with Gasteiger partial charge in [-0.05, 0) is 49.2 Å². The van der Waals surface area contributed by atoms with Gasteiger partial charge in [-0.1, -0.05) is 12.1 Å². The number of aromatic nitrogens is 2. The van der Waals surface area contributed by atoms with E-state index in [2.05, 4.69) is 9.97 Å². The van der Waals surface area contributed by atoms with Crippen molar-refractivity contribution >= 4 is 17.0 Å². The highest BCUT2D eigenvalue weighted by Gasteiger charge is 2.13. The molecule has 0 amide bonds. The lowest BCUT2D eigenvalue weighted by Crippen LogP contribution is -2.02. The molecule has 0 aliphatic rings. The van der Waals surface area contributed by atoms with E-state index in [0.717, 1.165) is 33.5 Å². The molecule has 0 bridgehead atoms. The maximum absolute atomic E-state index is 11.1. The summed E-state index contributed by atoms with van der Waals surface area (Å²) in [5.41, 5.74) is 5.03. The Morgan fingerprint density at radius 1 is 1.14 bits per heavy atom. The molecule has 1 heterocycles. The van der Waals surface area contributed by atoms with Gasteiger partial charge in [0, 0.05) is 12.5 Å². The third kappa shape index (κ3) is 2.52. The second-order valence-electron chi connectivity index (χ2n) is 5.13. The van der Waals surface area contributed by atoms with Crippen LogP contribution in [0.3, 0.4) is 0 Å². The molecule has 3 rings (SSSR count). The van der Waals surface area contributed by atoms with Crippen LogP contribution in [-0.4, -0.2) is 15.9 Å². The van der Waals surface area contributed by atoms with Crippen molar-refractivity contribution in [3.63, 3.8) is 0 Å². The number of ether oxygens (including phenoxy) is 1. The zero-order valence-electron chi connectivity index (χ0n) is 12.2. The second-order valence-corrected chi connectivity index (χ2v) is 5.13. The predicted octanol–water partition coefficient (Wildman–Crippen LogP) is 3.77. The zero-order valence-corrected chi connectivity index (χ0v) is 12.2. The number of nitrogens with one attached hydrogen (secondary N) is 1. The Hall–Kier alpha value is -2.62. The topological polar surface area (TPSA) is 55.0 Å². The Morgan fingerprint density at radius 3 is 2.43 bits per heavy atom. The Labute approximate surface area is 122 Å². The number of benzene rings is 2. The summed E-state index contributed by atoms with van der Waals surface area (Å²) < 4.78 is 5.16. The van der Waals surface area contributed by atoms with E-state index >= 15 is 0 Å². The summed E-state index contributed by atoms with van der Waals surface area (Å²) in [5, 5.41) is 0. The SMILES string of the molecule is CC(=O)Oc1cc(C)c(-c2nc3ccccc3[nH]2)c(C)c1. The fourth-order valence-corrected chi connectivity index (χ4v) is 2.59. The molecule has 21 heavy (non-hydrogen) atoms. The van der Waals surface area contributed by atoms with E-state index in [4.69, 9.17) is 4.74 Å². The van der Waals surface area contributed by atoms with Crippen LogP contribution in [0.4, 0.5) is 0 Å². The Bertz CT molecular complexity index is 778. The van der Waals surface area contributed by atoms with Crippen LogP contribution in [0.5, 0.6) is 5.75 Å². The molecule has 1 aromatic heterocycles. The van der Waals surface area contributed by atoms with Gasteiger partial charge in [-0.15, -0.1) is 0 Å². The predicted molar refractivity (Wildman–Crippen MR) is 82.3 cm³/mol.